The summed E-state index contributed by atoms with van der Waals surface area (Å²) in [6.45, 7) is 3.11. The monoisotopic (exact) mass is 259 g/mol. The lowest BCUT2D eigenvalue weighted by Crippen LogP contribution is -2.18. The van der Waals surface area contributed by atoms with E-state index in [1.807, 2.05) is 0 Å². The van der Waals surface area contributed by atoms with Crippen molar-refractivity contribution in [2.24, 2.45) is 0 Å². The Hall–Kier alpha value is -1.60. The molecule has 0 aliphatic carbocycles. The van der Waals surface area contributed by atoms with Gasteiger partial charge in [0.1, 0.15) is 11.0 Å². The molecule has 16 heavy (non-hydrogen) atoms. The van der Waals surface area contributed by atoms with E-state index in [4.69, 9.17) is 11.6 Å². The number of hydrogen-bond donors (Lipinski definition) is 0. The SMILES string of the molecule is C=CS(=O)(=O)On1nnc2ccc(Cl)cc21. The molecule has 2 rings (SSSR count). The van der Waals surface area contributed by atoms with Crippen LogP contribution in [0, 0.1) is 0 Å². The Morgan fingerprint density at radius 3 is 2.94 bits per heavy atom. The van der Waals surface area contributed by atoms with Gasteiger partial charge in [-0.05, 0) is 23.4 Å². The van der Waals surface area contributed by atoms with Gasteiger partial charge in [0.15, 0.2) is 0 Å². The highest BCUT2D eigenvalue weighted by Crippen LogP contribution is 2.16. The summed E-state index contributed by atoms with van der Waals surface area (Å²) in [7, 11) is -3.87. The smallest absolute Gasteiger partial charge is 0.264 e. The minimum absolute atomic E-state index is 0.359. The summed E-state index contributed by atoms with van der Waals surface area (Å²) in [6.07, 6.45) is 0. The van der Waals surface area contributed by atoms with Crippen LogP contribution in [-0.2, 0) is 10.1 Å². The van der Waals surface area contributed by atoms with Gasteiger partial charge >= 0.3 is 10.1 Å². The van der Waals surface area contributed by atoms with Crippen molar-refractivity contribution >= 4 is 32.8 Å². The minimum atomic E-state index is -3.87. The summed E-state index contributed by atoms with van der Waals surface area (Å²) >= 11 is 5.76. The molecule has 8 heteroatoms. The van der Waals surface area contributed by atoms with Crippen molar-refractivity contribution in [3.63, 3.8) is 0 Å². The molecule has 0 saturated carbocycles. The molecule has 0 fully saturated rings. The van der Waals surface area contributed by atoms with E-state index in [0.717, 1.165) is 4.85 Å². The first-order valence-electron chi connectivity index (χ1n) is 4.10. The fraction of sp³-hybridized carbons (Fsp3) is 0. The Bertz CT molecular complexity index is 650. The van der Waals surface area contributed by atoms with Crippen molar-refractivity contribution in [1.82, 2.24) is 15.2 Å². The van der Waals surface area contributed by atoms with E-state index in [0.29, 0.717) is 21.5 Å². The van der Waals surface area contributed by atoms with E-state index < -0.39 is 10.1 Å². The normalized spacial score (nSPS) is 11.6. The third kappa shape index (κ3) is 2.00. The van der Waals surface area contributed by atoms with Crippen LogP contribution in [0.4, 0.5) is 0 Å². The second-order valence-electron chi connectivity index (χ2n) is 2.83. The number of fused-ring (bicyclic) bond motifs is 1. The molecule has 2 aromatic rings. The molecule has 0 N–H and O–H groups in total. The van der Waals surface area contributed by atoms with Gasteiger partial charge in [-0.2, -0.15) is 8.42 Å². The molecule has 1 aromatic heterocycles. The summed E-state index contributed by atoms with van der Waals surface area (Å²) in [5, 5.41) is 8.34. The molecule has 0 amide bonds. The second-order valence-corrected chi connectivity index (χ2v) is 4.73. The largest absolute Gasteiger partial charge is 0.350 e. The predicted molar refractivity (Wildman–Crippen MR) is 58.2 cm³/mol. The highest BCUT2D eigenvalue weighted by atomic mass is 35.5. The molecule has 0 atom stereocenters. The lowest BCUT2D eigenvalue weighted by Gasteiger charge is -2.01. The molecule has 0 radical (unpaired) electrons. The maximum atomic E-state index is 11.1. The number of hydrogen-bond acceptors (Lipinski definition) is 5. The zero-order chi connectivity index (χ0) is 11.8. The van der Waals surface area contributed by atoms with Gasteiger partial charge in [-0.3, -0.25) is 4.28 Å². The first-order valence-corrected chi connectivity index (χ1v) is 5.95. The molecular weight excluding hydrogens is 254 g/mol. The van der Waals surface area contributed by atoms with Gasteiger partial charge < -0.3 is 0 Å². The Balaban J connectivity index is 2.54. The molecule has 6 nitrogen and oxygen atoms in total. The van der Waals surface area contributed by atoms with Gasteiger partial charge in [0.2, 0.25) is 0 Å². The van der Waals surface area contributed by atoms with Crippen LogP contribution in [0.5, 0.6) is 0 Å². The summed E-state index contributed by atoms with van der Waals surface area (Å²) in [6, 6.07) is 4.71. The first-order chi connectivity index (χ1) is 7.52. The van der Waals surface area contributed by atoms with Crippen molar-refractivity contribution < 1.29 is 12.7 Å². The van der Waals surface area contributed by atoms with Gasteiger partial charge in [-0.15, -0.1) is 5.10 Å². The molecule has 0 unspecified atom stereocenters. The molecule has 0 aliphatic rings. The van der Waals surface area contributed by atoms with Gasteiger partial charge in [-0.25, -0.2) is 0 Å². The Morgan fingerprint density at radius 2 is 2.25 bits per heavy atom. The Labute approximate surface area is 96.2 Å². The van der Waals surface area contributed by atoms with E-state index in [1.165, 1.54) is 6.07 Å². The van der Waals surface area contributed by atoms with Gasteiger partial charge in [0, 0.05) is 5.02 Å². The van der Waals surface area contributed by atoms with E-state index in [1.54, 1.807) is 12.1 Å². The number of aromatic nitrogens is 3. The lowest BCUT2D eigenvalue weighted by atomic mass is 10.3. The molecule has 1 aromatic carbocycles. The summed E-state index contributed by atoms with van der Waals surface area (Å²) < 4.78 is 26.9. The van der Waals surface area contributed by atoms with Crippen molar-refractivity contribution in [3.8, 4) is 0 Å². The van der Waals surface area contributed by atoms with Crippen LogP contribution in [0.1, 0.15) is 0 Å². The van der Waals surface area contributed by atoms with Crippen LogP contribution in [0.25, 0.3) is 11.0 Å². The van der Waals surface area contributed by atoms with Gasteiger partial charge in [0.25, 0.3) is 0 Å². The Kier molecular flexibility index (Phi) is 2.56. The summed E-state index contributed by atoms with van der Waals surface area (Å²) in [5.41, 5.74) is 0.835. The topological polar surface area (TPSA) is 74.1 Å². The fourth-order valence-corrected chi connectivity index (χ4v) is 1.59. The van der Waals surface area contributed by atoms with E-state index >= 15 is 0 Å². The van der Waals surface area contributed by atoms with E-state index in [2.05, 4.69) is 21.2 Å². The number of rotatable bonds is 3. The highest BCUT2D eigenvalue weighted by molar-refractivity contribution is 7.89. The molecule has 84 valence electrons. The maximum Gasteiger partial charge on any atom is 0.350 e. The standard InChI is InChI=1S/C8H6ClN3O3S/c1-2-16(13,14)15-12-8-5-6(9)3-4-7(8)10-11-12/h2-5H,1H2. The third-order valence-corrected chi connectivity index (χ3v) is 2.75. The first kappa shape index (κ1) is 10.9. The average Bonchev–Trinajstić information content (AvgIpc) is 2.61. The number of nitrogens with zero attached hydrogens (tertiary/aromatic N) is 3. The number of halogens is 1. The quantitative estimate of drug-likeness (QED) is 0.822. The molecule has 1 heterocycles. The third-order valence-electron chi connectivity index (χ3n) is 1.76. The van der Waals surface area contributed by atoms with Crippen LogP contribution in [0.3, 0.4) is 0 Å². The fourth-order valence-electron chi connectivity index (χ4n) is 1.06. The minimum Gasteiger partial charge on any atom is -0.264 e. The predicted octanol–water partition coefficient (Wildman–Crippen LogP) is 0.987. The Morgan fingerprint density at radius 1 is 1.50 bits per heavy atom. The van der Waals surface area contributed by atoms with Crippen LogP contribution >= 0.6 is 11.6 Å². The van der Waals surface area contributed by atoms with Crippen LogP contribution < -0.4 is 4.28 Å². The van der Waals surface area contributed by atoms with Crippen molar-refractivity contribution in [2.75, 3.05) is 0 Å². The van der Waals surface area contributed by atoms with Gasteiger partial charge in [0.05, 0.1) is 5.41 Å². The lowest BCUT2D eigenvalue weighted by molar-refractivity contribution is 0.249. The highest BCUT2D eigenvalue weighted by Gasteiger charge is 2.12. The van der Waals surface area contributed by atoms with Crippen molar-refractivity contribution in [3.05, 3.63) is 35.2 Å². The molecule has 0 bridgehead atoms. The molecule has 0 aliphatic heterocycles. The summed E-state index contributed by atoms with van der Waals surface area (Å²) in [4.78, 5) is 0.776. The molecule has 0 saturated heterocycles. The van der Waals surface area contributed by atoms with Crippen molar-refractivity contribution in [1.29, 1.82) is 0 Å². The van der Waals surface area contributed by atoms with Crippen LogP contribution in [0.2, 0.25) is 5.02 Å². The van der Waals surface area contributed by atoms with Crippen LogP contribution in [0.15, 0.2) is 30.2 Å². The van der Waals surface area contributed by atoms with E-state index in [9.17, 15) is 8.42 Å². The zero-order valence-electron chi connectivity index (χ0n) is 7.87. The summed E-state index contributed by atoms with van der Waals surface area (Å²) in [5.74, 6) is 0. The van der Waals surface area contributed by atoms with Crippen LogP contribution in [-0.4, -0.2) is 23.6 Å². The molecule has 0 spiro atoms. The zero-order valence-corrected chi connectivity index (χ0v) is 9.44. The maximum absolute atomic E-state index is 11.1. The average molecular weight is 260 g/mol. The van der Waals surface area contributed by atoms with Crippen molar-refractivity contribution in [2.45, 2.75) is 0 Å². The number of benzene rings is 1. The van der Waals surface area contributed by atoms with E-state index in [-0.39, 0.29) is 0 Å². The van der Waals surface area contributed by atoms with Gasteiger partial charge in [-0.1, -0.05) is 23.0 Å². The molecular formula is C8H6ClN3O3S. The second kappa shape index (κ2) is 3.76.